The Balaban J connectivity index is 2.60. The summed E-state index contributed by atoms with van der Waals surface area (Å²) in [6.45, 7) is 3.47. The zero-order valence-corrected chi connectivity index (χ0v) is 9.28. The largest absolute Gasteiger partial charge is 0.419 e. The third-order valence-corrected chi connectivity index (χ3v) is 1.84. The number of cyclic esters (lactones) is 2. The Morgan fingerprint density at radius 3 is 2.38 bits per heavy atom. The lowest BCUT2D eigenvalue weighted by Gasteiger charge is -2.29. The molecule has 0 unspecified atom stereocenters. The van der Waals surface area contributed by atoms with Crippen LogP contribution in [0, 0.1) is 0 Å². The fourth-order valence-corrected chi connectivity index (χ4v) is 1.13. The monoisotopic (exact) mass is 229 g/mol. The van der Waals surface area contributed by atoms with E-state index in [-0.39, 0.29) is 12.2 Å². The van der Waals surface area contributed by atoms with E-state index >= 15 is 0 Å². The Morgan fingerprint density at radius 1 is 1.31 bits per heavy atom. The van der Waals surface area contributed by atoms with E-state index in [1.807, 2.05) is 0 Å². The summed E-state index contributed by atoms with van der Waals surface area (Å²) >= 11 is 0. The van der Waals surface area contributed by atoms with Crippen LogP contribution in [0.25, 0.3) is 0 Å². The summed E-state index contributed by atoms with van der Waals surface area (Å²) in [5.74, 6) is -2.63. The molecule has 1 fully saturated rings. The highest BCUT2D eigenvalue weighted by molar-refractivity contribution is 6.15. The summed E-state index contributed by atoms with van der Waals surface area (Å²) in [4.78, 5) is 22.8. The molecule has 0 amide bonds. The van der Waals surface area contributed by atoms with Gasteiger partial charge in [0.05, 0.1) is 0 Å². The highest BCUT2D eigenvalue weighted by Gasteiger charge is 2.38. The van der Waals surface area contributed by atoms with Crippen LogP contribution in [0.3, 0.4) is 0 Å². The topological polar surface area (TPSA) is 84.9 Å². The summed E-state index contributed by atoms with van der Waals surface area (Å²) in [5.41, 5.74) is -0.169. The second-order valence-electron chi connectivity index (χ2n) is 3.77. The molecule has 1 saturated heterocycles. The van der Waals surface area contributed by atoms with Crippen molar-refractivity contribution in [2.75, 3.05) is 13.2 Å². The van der Waals surface area contributed by atoms with Gasteiger partial charge in [0.15, 0.2) is 5.57 Å². The lowest BCUT2D eigenvalue weighted by atomic mass is 10.2. The second kappa shape index (κ2) is 4.98. The van der Waals surface area contributed by atoms with Crippen LogP contribution in [-0.2, 0) is 19.1 Å². The normalized spacial score (nSPS) is 18.8. The average molecular weight is 229 g/mol. The minimum atomic E-state index is -1.21. The summed E-state index contributed by atoms with van der Waals surface area (Å²) in [6.07, 6.45) is 1.77. The van der Waals surface area contributed by atoms with E-state index in [9.17, 15) is 9.59 Å². The third-order valence-electron chi connectivity index (χ3n) is 1.84. The van der Waals surface area contributed by atoms with Gasteiger partial charge in [-0.15, -0.1) is 0 Å². The fourth-order valence-electron chi connectivity index (χ4n) is 1.13. The fraction of sp³-hybridized carbons (Fsp3) is 0.600. The predicted octanol–water partition coefficient (Wildman–Crippen LogP) is -0.322. The first-order valence-electron chi connectivity index (χ1n) is 4.97. The first-order chi connectivity index (χ1) is 7.46. The van der Waals surface area contributed by atoms with Gasteiger partial charge in [0.1, 0.15) is 0 Å². The Kier molecular flexibility index (Phi) is 3.89. The third kappa shape index (κ3) is 3.23. The lowest BCUT2D eigenvalue weighted by Crippen LogP contribution is -2.42. The van der Waals surface area contributed by atoms with Crippen LogP contribution in [0.2, 0.25) is 0 Å². The molecule has 0 bridgehead atoms. The maximum Gasteiger partial charge on any atom is 0.350 e. The van der Waals surface area contributed by atoms with Crippen LogP contribution in [0.5, 0.6) is 0 Å². The molecule has 0 saturated carbocycles. The molecule has 0 atom stereocenters. The van der Waals surface area contributed by atoms with E-state index in [2.05, 4.69) is 5.32 Å². The van der Waals surface area contributed by atoms with Crippen molar-refractivity contribution in [3.05, 3.63) is 11.8 Å². The number of aliphatic hydroxyl groups excluding tert-OH is 1. The minimum Gasteiger partial charge on any atom is -0.419 e. The number of hydrogen-bond acceptors (Lipinski definition) is 6. The van der Waals surface area contributed by atoms with Crippen LogP contribution in [0.15, 0.2) is 11.8 Å². The van der Waals surface area contributed by atoms with Crippen LogP contribution in [0.4, 0.5) is 0 Å². The van der Waals surface area contributed by atoms with Gasteiger partial charge in [0.2, 0.25) is 0 Å². The second-order valence-corrected chi connectivity index (χ2v) is 3.77. The molecule has 16 heavy (non-hydrogen) atoms. The molecule has 0 aromatic carbocycles. The molecule has 90 valence electrons. The standard InChI is InChI=1S/C10H15NO5/c1-10(2)15-8(13)7(9(14)16-10)6-11-4-3-5-12/h6,11-12H,3-5H2,1-2H3. The van der Waals surface area contributed by atoms with Crippen molar-refractivity contribution in [1.82, 2.24) is 5.32 Å². The molecule has 0 aromatic rings. The van der Waals surface area contributed by atoms with Crippen molar-refractivity contribution in [1.29, 1.82) is 0 Å². The van der Waals surface area contributed by atoms with Crippen LogP contribution < -0.4 is 5.32 Å². The van der Waals surface area contributed by atoms with Crippen molar-refractivity contribution < 1.29 is 24.2 Å². The molecule has 2 N–H and O–H groups in total. The maximum atomic E-state index is 11.4. The van der Waals surface area contributed by atoms with Crippen LogP contribution >= 0.6 is 0 Å². The van der Waals surface area contributed by atoms with Crippen molar-refractivity contribution in [3.8, 4) is 0 Å². The van der Waals surface area contributed by atoms with Gasteiger partial charge in [-0.2, -0.15) is 0 Å². The van der Waals surface area contributed by atoms with E-state index in [4.69, 9.17) is 14.6 Å². The van der Waals surface area contributed by atoms with E-state index < -0.39 is 17.7 Å². The van der Waals surface area contributed by atoms with Gasteiger partial charge in [-0.3, -0.25) is 0 Å². The molecular formula is C10H15NO5. The Morgan fingerprint density at radius 2 is 1.88 bits per heavy atom. The van der Waals surface area contributed by atoms with E-state index in [0.717, 1.165) is 0 Å². The summed E-state index contributed by atoms with van der Waals surface area (Å²) < 4.78 is 9.75. The first-order valence-corrected chi connectivity index (χ1v) is 4.97. The van der Waals surface area contributed by atoms with Gasteiger partial charge in [-0.25, -0.2) is 9.59 Å². The minimum absolute atomic E-state index is 0.0398. The Hall–Kier alpha value is -1.56. The highest BCUT2D eigenvalue weighted by Crippen LogP contribution is 2.21. The van der Waals surface area contributed by atoms with Gasteiger partial charge >= 0.3 is 11.9 Å². The quantitative estimate of drug-likeness (QED) is 0.297. The van der Waals surface area contributed by atoms with Crippen LogP contribution in [-0.4, -0.2) is 36.0 Å². The summed E-state index contributed by atoms with van der Waals surface area (Å²) in [7, 11) is 0. The summed E-state index contributed by atoms with van der Waals surface area (Å²) in [5, 5.41) is 11.3. The van der Waals surface area contributed by atoms with E-state index in [0.29, 0.717) is 13.0 Å². The Bertz CT molecular complexity index is 299. The molecule has 6 heteroatoms. The molecule has 1 aliphatic heterocycles. The smallest absolute Gasteiger partial charge is 0.350 e. The molecule has 0 aromatic heterocycles. The number of carbonyl (C=O) groups excluding carboxylic acids is 2. The molecule has 1 heterocycles. The lowest BCUT2D eigenvalue weighted by molar-refractivity contribution is -0.222. The van der Waals surface area contributed by atoms with Crippen molar-refractivity contribution in [3.63, 3.8) is 0 Å². The van der Waals surface area contributed by atoms with Crippen molar-refractivity contribution in [2.45, 2.75) is 26.1 Å². The number of esters is 2. The average Bonchev–Trinajstić information content (AvgIpc) is 2.13. The molecule has 0 aliphatic carbocycles. The Labute approximate surface area is 93.2 Å². The number of hydrogen-bond donors (Lipinski definition) is 2. The predicted molar refractivity (Wildman–Crippen MR) is 54.1 cm³/mol. The molecule has 6 nitrogen and oxygen atoms in total. The summed E-state index contributed by atoms with van der Waals surface area (Å²) in [6, 6.07) is 0. The number of ether oxygens (including phenoxy) is 2. The number of aliphatic hydroxyl groups is 1. The number of nitrogens with one attached hydrogen (secondary N) is 1. The van der Waals surface area contributed by atoms with Crippen molar-refractivity contribution in [2.24, 2.45) is 0 Å². The number of rotatable bonds is 4. The van der Waals surface area contributed by atoms with E-state index in [1.165, 1.54) is 20.0 Å². The van der Waals surface area contributed by atoms with Gasteiger partial charge in [-0.05, 0) is 6.42 Å². The molecule has 1 rings (SSSR count). The van der Waals surface area contributed by atoms with Crippen molar-refractivity contribution >= 4 is 11.9 Å². The maximum absolute atomic E-state index is 11.4. The molecule has 1 aliphatic rings. The van der Waals surface area contributed by atoms with Gasteiger partial charge in [0.25, 0.3) is 5.79 Å². The molecule has 0 radical (unpaired) electrons. The van der Waals surface area contributed by atoms with Gasteiger partial charge < -0.3 is 19.9 Å². The SMILES string of the molecule is CC1(C)OC(=O)C(=CNCCCO)C(=O)O1. The molecular weight excluding hydrogens is 214 g/mol. The van der Waals surface area contributed by atoms with Crippen LogP contribution in [0.1, 0.15) is 20.3 Å². The molecule has 0 spiro atoms. The zero-order chi connectivity index (χ0) is 12.2. The zero-order valence-electron chi connectivity index (χ0n) is 9.28. The highest BCUT2D eigenvalue weighted by atomic mass is 16.7. The van der Waals surface area contributed by atoms with Gasteiger partial charge in [-0.1, -0.05) is 0 Å². The first kappa shape index (κ1) is 12.5. The number of carbonyl (C=O) groups is 2. The van der Waals surface area contributed by atoms with Gasteiger partial charge in [0, 0.05) is 33.2 Å². The van der Waals surface area contributed by atoms with E-state index in [1.54, 1.807) is 0 Å².